The maximum atomic E-state index is 15.0. The third-order valence-corrected chi connectivity index (χ3v) is 8.17. The van der Waals surface area contributed by atoms with Crippen molar-refractivity contribution < 1.29 is 23.4 Å². The van der Waals surface area contributed by atoms with E-state index in [-0.39, 0.29) is 13.2 Å². The van der Waals surface area contributed by atoms with Gasteiger partial charge in [0.1, 0.15) is 24.0 Å². The predicted molar refractivity (Wildman–Crippen MR) is 133 cm³/mol. The van der Waals surface area contributed by atoms with Crippen LogP contribution in [-0.4, -0.2) is 23.3 Å². The van der Waals surface area contributed by atoms with E-state index in [1.807, 2.05) is 38.2 Å². The summed E-state index contributed by atoms with van der Waals surface area (Å²) in [6.07, 6.45) is 6.19. The van der Waals surface area contributed by atoms with Crippen LogP contribution < -0.4 is 9.47 Å². The van der Waals surface area contributed by atoms with Gasteiger partial charge in [0, 0.05) is 36.1 Å². The van der Waals surface area contributed by atoms with E-state index in [9.17, 15) is 13.9 Å². The molecule has 36 heavy (non-hydrogen) atoms. The van der Waals surface area contributed by atoms with Crippen molar-refractivity contribution in [1.29, 1.82) is 0 Å². The highest BCUT2D eigenvalue weighted by Gasteiger charge is 2.45. The van der Waals surface area contributed by atoms with Gasteiger partial charge in [0.25, 0.3) is 0 Å². The molecule has 2 unspecified atom stereocenters. The van der Waals surface area contributed by atoms with Crippen molar-refractivity contribution >= 4 is 0 Å². The molecule has 2 saturated carbocycles. The summed E-state index contributed by atoms with van der Waals surface area (Å²) in [6.45, 7) is 4.66. The van der Waals surface area contributed by atoms with E-state index in [1.165, 1.54) is 17.5 Å². The van der Waals surface area contributed by atoms with Gasteiger partial charge in [-0.3, -0.25) is 0 Å². The molecular formula is C30H31F2NO3. The largest absolute Gasteiger partial charge is 0.493 e. The van der Waals surface area contributed by atoms with Gasteiger partial charge in [-0.2, -0.15) is 0 Å². The summed E-state index contributed by atoms with van der Waals surface area (Å²) >= 11 is 0. The van der Waals surface area contributed by atoms with E-state index in [0.717, 1.165) is 53.7 Å². The van der Waals surface area contributed by atoms with Gasteiger partial charge in [-0.25, -0.2) is 13.8 Å². The number of aliphatic hydroxyl groups is 1. The molecule has 2 fully saturated rings. The van der Waals surface area contributed by atoms with Crippen LogP contribution in [0.3, 0.4) is 0 Å². The first-order chi connectivity index (χ1) is 17.4. The van der Waals surface area contributed by atoms with Crippen molar-refractivity contribution in [3.05, 3.63) is 76.0 Å². The molecule has 4 nitrogen and oxygen atoms in total. The molecule has 6 heteroatoms. The molecule has 188 valence electrons. The quantitative estimate of drug-likeness (QED) is 0.403. The van der Waals surface area contributed by atoms with E-state index in [4.69, 9.17) is 9.47 Å². The van der Waals surface area contributed by atoms with Crippen molar-refractivity contribution in [2.75, 3.05) is 13.2 Å². The highest BCUT2D eigenvalue weighted by atomic mass is 19.1. The molecule has 0 radical (unpaired) electrons. The topological polar surface area (TPSA) is 51.6 Å². The van der Waals surface area contributed by atoms with E-state index in [0.29, 0.717) is 41.4 Å². The van der Waals surface area contributed by atoms with E-state index in [1.54, 1.807) is 6.07 Å². The van der Waals surface area contributed by atoms with E-state index >= 15 is 0 Å². The number of ether oxygens (including phenoxy) is 2. The Morgan fingerprint density at radius 2 is 1.72 bits per heavy atom. The van der Waals surface area contributed by atoms with Crippen molar-refractivity contribution in [3.8, 4) is 22.8 Å². The number of pyridine rings is 1. The smallest absolute Gasteiger partial charge is 0.213 e. The highest BCUT2D eigenvalue weighted by Crippen LogP contribution is 2.56. The van der Waals surface area contributed by atoms with Crippen LogP contribution in [0.5, 0.6) is 11.6 Å². The number of hydrogen-bond donors (Lipinski definition) is 1. The molecule has 3 aliphatic rings. The van der Waals surface area contributed by atoms with E-state index in [2.05, 4.69) is 4.98 Å². The summed E-state index contributed by atoms with van der Waals surface area (Å²) in [5, 5.41) is 9.19. The monoisotopic (exact) mass is 491 g/mol. The second-order valence-electron chi connectivity index (χ2n) is 10.9. The Morgan fingerprint density at radius 3 is 2.47 bits per heavy atom. The Balaban J connectivity index is 1.18. The lowest BCUT2D eigenvalue weighted by atomic mass is 9.76. The van der Waals surface area contributed by atoms with Crippen LogP contribution in [0.4, 0.5) is 8.78 Å². The molecule has 0 bridgehead atoms. The molecule has 1 heterocycles. The fraction of sp³-hybridized carbons (Fsp3) is 0.433. The lowest BCUT2D eigenvalue weighted by Crippen LogP contribution is -2.30. The van der Waals surface area contributed by atoms with Gasteiger partial charge < -0.3 is 14.6 Å². The minimum absolute atomic E-state index is 0.0206. The standard InChI is InChI=1S/C30H31F2NO3/c1-16-3-23(35-14-19-5-18(6-19)13-34)4-17(2)30(16)25-9-22(27(31)11-28(25)32)15-36-29-10-21-7-20-8-24(20)26(21)12-33-29/h3-4,9-12,18-20,24,34H,5-8,13-15H2,1-2H3. The average molecular weight is 492 g/mol. The van der Waals surface area contributed by atoms with Crippen LogP contribution in [0, 0.1) is 43.2 Å². The van der Waals surface area contributed by atoms with Gasteiger partial charge in [0.15, 0.2) is 0 Å². The molecule has 3 aromatic rings. The van der Waals surface area contributed by atoms with Crippen molar-refractivity contribution in [1.82, 2.24) is 4.98 Å². The molecule has 0 aliphatic heterocycles. The number of fused-ring (bicyclic) bond motifs is 3. The number of rotatable bonds is 8. The van der Waals surface area contributed by atoms with Crippen molar-refractivity contribution in [3.63, 3.8) is 0 Å². The summed E-state index contributed by atoms with van der Waals surface area (Å²) in [5.74, 6) is 2.27. The van der Waals surface area contributed by atoms with Crippen molar-refractivity contribution in [2.45, 2.75) is 52.1 Å². The maximum Gasteiger partial charge on any atom is 0.213 e. The number of benzene rings is 2. The molecule has 0 spiro atoms. The number of nitrogens with zero attached hydrogens (tertiary/aromatic N) is 1. The van der Waals surface area contributed by atoms with E-state index < -0.39 is 11.6 Å². The van der Waals surface area contributed by atoms with Gasteiger partial charge in [-0.1, -0.05) is 0 Å². The number of hydrogen-bond acceptors (Lipinski definition) is 4. The Hall–Kier alpha value is -2.99. The minimum atomic E-state index is -0.629. The molecule has 2 aromatic carbocycles. The molecule has 0 amide bonds. The molecule has 3 aliphatic carbocycles. The number of halogens is 2. The molecular weight excluding hydrogens is 460 g/mol. The molecule has 0 saturated heterocycles. The van der Waals surface area contributed by atoms with Crippen molar-refractivity contribution in [2.24, 2.45) is 17.8 Å². The lowest BCUT2D eigenvalue weighted by Gasteiger charge is -2.33. The molecule has 2 atom stereocenters. The second kappa shape index (κ2) is 9.15. The average Bonchev–Trinajstić information content (AvgIpc) is 3.49. The highest BCUT2D eigenvalue weighted by molar-refractivity contribution is 5.73. The van der Waals surface area contributed by atoms with Crippen LogP contribution >= 0.6 is 0 Å². The molecule has 1 aromatic heterocycles. The lowest BCUT2D eigenvalue weighted by molar-refractivity contribution is 0.0730. The Morgan fingerprint density at radius 1 is 0.944 bits per heavy atom. The SMILES string of the molecule is Cc1cc(OCC2CC(CO)C2)cc(C)c1-c1cc(COc2cc3c(cn2)C2CC2C3)c(F)cc1F. The fourth-order valence-corrected chi connectivity index (χ4v) is 6.06. The van der Waals surface area contributed by atoms with Crippen LogP contribution in [0.15, 0.2) is 36.5 Å². The number of aryl methyl sites for hydroxylation is 2. The zero-order chi connectivity index (χ0) is 25.0. The van der Waals surface area contributed by atoms with Gasteiger partial charge in [0.2, 0.25) is 5.88 Å². The van der Waals surface area contributed by atoms with Gasteiger partial charge in [-0.15, -0.1) is 0 Å². The Labute approximate surface area is 210 Å². The predicted octanol–water partition coefficient (Wildman–Crippen LogP) is 6.28. The summed E-state index contributed by atoms with van der Waals surface area (Å²) < 4.78 is 41.5. The third-order valence-electron chi connectivity index (χ3n) is 8.17. The first-order valence-electron chi connectivity index (χ1n) is 12.8. The van der Waals surface area contributed by atoms with Gasteiger partial charge >= 0.3 is 0 Å². The Bertz CT molecular complexity index is 1290. The second-order valence-corrected chi connectivity index (χ2v) is 10.9. The Kier molecular flexibility index (Phi) is 5.95. The van der Waals surface area contributed by atoms with Crippen LogP contribution in [0.25, 0.3) is 11.1 Å². The van der Waals surface area contributed by atoms with Crippen LogP contribution in [0.1, 0.15) is 53.0 Å². The number of aromatic nitrogens is 1. The molecule has 1 N–H and O–H groups in total. The summed E-state index contributed by atoms with van der Waals surface area (Å²) in [7, 11) is 0. The summed E-state index contributed by atoms with van der Waals surface area (Å²) in [4.78, 5) is 4.41. The fourth-order valence-electron chi connectivity index (χ4n) is 6.06. The zero-order valence-electron chi connectivity index (χ0n) is 20.7. The van der Waals surface area contributed by atoms with Crippen LogP contribution in [0.2, 0.25) is 0 Å². The number of aliphatic hydroxyl groups excluding tert-OH is 1. The normalized spacial score (nSPS) is 23.6. The van der Waals surface area contributed by atoms with Gasteiger partial charge in [0.05, 0.1) is 6.61 Å². The first-order valence-corrected chi connectivity index (χ1v) is 12.8. The van der Waals surface area contributed by atoms with Crippen LogP contribution in [-0.2, 0) is 13.0 Å². The first kappa shape index (κ1) is 23.4. The molecule has 6 rings (SSSR count). The summed E-state index contributed by atoms with van der Waals surface area (Å²) in [5.41, 5.74) is 5.71. The third kappa shape index (κ3) is 4.36. The maximum absolute atomic E-state index is 15.0. The summed E-state index contributed by atoms with van der Waals surface area (Å²) in [6, 6.07) is 8.26. The zero-order valence-corrected chi connectivity index (χ0v) is 20.7. The van der Waals surface area contributed by atoms with Gasteiger partial charge in [-0.05, 0) is 109 Å². The minimum Gasteiger partial charge on any atom is -0.493 e.